The van der Waals surface area contributed by atoms with E-state index in [1.165, 1.54) is 16.2 Å². The molecule has 0 radical (unpaired) electrons. The Hall–Kier alpha value is -2.70. The third kappa shape index (κ3) is 3.21. The lowest BCUT2D eigenvalue weighted by Gasteiger charge is -2.29. The fourth-order valence-corrected chi connectivity index (χ4v) is 3.45. The van der Waals surface area contributed by atoms with Crippen LogP contribution in [-0.4, -0.2) is 29.8 Å². The molecule has 1 aromatic heterocycles. The summed E-state index contributed by atoms with van der Waals surface area (Å²) in [7, 11) is 0. The summed E-state index contributed by atoms with van der Waals surface area (Å²) in [5.41, 5.74) is 4.52. The van der Waals surface area contributed by atoms with Crippen molar-refractivity contribution in [3.8, 4) is 17.0 Å². The van der Waals surface area contributed by atoms with E-state index >= 15 is 0 Å². The van der Waals surface area contributed by atoms with Crippen molar-refractivity contribution in [3.05, 3.63) is 63.9 Å². The first-order chi connectivity index (χ1) is 12.6. The standard InChI is InChI=1S/C19H13ClN2O3S/c20-14-4-1-12(2-5-14)17(23)8-22-16-7-13(15-10-26-11-21-15)3-6-18(16)25-9-19(22)24/h1-7,10-11H,8-9H2. The second kappa shape index (κ2) is 6.90. The maximum Gasteiger partial charge on any atom is 0.265 e. The summed E-state index contributed by atoms with van der Waals surface area (Å²) in [6.07, 6.45) is 0. The number of nitrogens with zero attached hydrogens (tertiary/aromatic N) is 2. The summed E-state index contributed by atoms with van der Waals surface area (Å²) < 4.78 is 5.50. The highest BCUT2D eigenvalue weighted by atomic mass is 35.5. The number of carbonyl (C=O) groups excluding carboxylic acids is 2. The number of anilines is 1. The maximum atomic E-state index is 12.6. The van der Waals surface area contributed by atoms with Crippen molar-refractivity contribution >= 4 is 40.3 Å². The van der Waals surface area contributed by atoms with Crippen LogP contribution < -0.4 is 9.64 Å². The van der Waals surface area contributed by atoms with Crippen LogP contribution in [0.4, 0.5) is 5.69 Å². The lowest BCUT2D eigenvalue weighted by Crippen LogP contribution is -2.42. The van der Waals surface area contributed by atoms with Gasteiger partial charge in [-0.25, -0.2) is 4.98 Å². The summed E-state index contributed by atoms with van der Waals surface area (Å²) in [6.45, 7) is -0.145. The predicted octanol–water partition coefficient (Wildman–Crippen LogP) is 4.07. The zero-order valence-electron chi connectivity index (χ0n) is 13.5. The molecular formula is C19H13ClN2O3S. The Morgan fingerprint density at radius 2 is 2.04 bits per heavy atom. The first-order valence-corrected chi connectivity index (χ1v) is 9.18. The molecule has 1 aliphatic heterocycles. The molecule has 2 heterocycles. The van der Waals surface area contributed by atoms with Gasteiger partial charge in [-0.15, -0.1) is 11.3 Å². The number of fused-ring (bicyclic) bond motifs is 1. The van der Waals surface area contributed by atoms with Crippen LogP contribution in [0, 0.1) is 0 Å². The van der Waals surface area contributed by atoms with Gasteiger partial charge in [0.15, 0.2) is 12.4 Å². The Morgan fingerprint density at radius 1 is 1.23 bits per heavy atom. The number of thiazole rings is 1. The molecule has 0 saturated heterocycles. The van der Waals surface area contributed by atoms with Crippen LogP contribution in [-0.2, 0) is 4.79 Å². The molecule has 5 nitrogen and oxygen atoms in total. The van der Waals surface area contributed by atoms with Crippen molar-refractivity contribution < 1.29 is 14.3 Å². The fourth-order valence-electron chi connectivity index (χ4n) is 2.76. The Morgan fingerprint density at radius 3 is 2.77 bits per heavy atom. The van der Waals surface area contributed by atoms with Crippen LogP contribution in [0.1, 0.15) is 10.4 Å². The Labute approximate surface area is 158 Å². The first kappa shape index (κ1) is 16.8. The minimum Gasteiger partial charge on any atom is -0.482 e. The van der Waals surface area contributed by atoms with Crippen molar-refractivity contribution in [2.24, 2.45) is 0 Å². The second-order valence-corrected chi connectivity index (χ2v) is 6.91. The second-order valence-electron chi connectivity index (χ2n) is 5.75. The van der Waals surface area contributed by atoms with Crippen LogP contribution in [0.3, 0.4) is 0 Å². The molecule has 0 unspecified atom stereocenters. The van der Waals surface area contributed by atoms with E-state index < -0.39 is 0 Å². The largest absolute Gasteiger partial charge is 0.482 e. The number of halogens is 1. The van der Waals surface area contributed by atoms with Crippen LogP contribution in [0.2, 0.25) is 5.02 Å². The average molecular weight is 385 g/mol. The van der Waals surface area contributed by atoms with Crippen molar-refractivity contribution in [3.63, 3.8) is 0 Å². The van der Waals surface area contributed by atoms with E-state index in [9.17, 15) is 9.59 Å². The van der Waals surface area contributed by atoms with E-state index in [1.807, 2.05) is 17.5 Å². The number of ether oxygens (including phenoxy) is 1. The smallest absolute Gasteiger partial charge is 0.265 e. The van der Waals surface area contributed by atoms with Gasteiger partial charge in [-0.3, -0.25) is 14.5 Å². The van der Waals surface area contributed by atoms with Crippen LogP contribution in [0.15, 0.2) is 53.4 Å². The molecule has 1 amide bonds. The van der Waals surface area contributed by atoms with Gasteiger partial charge in [0.1, 0.15) is 5.75 Å². The number of hydrogen-bond donors (Lipinski definition) is 0. The molecule has 1 aliphatic rings. The number of carbonyl (C=O) groups is 2. The number of rotatable bonds is 4. The summed E-state index contributed by atoms with van der Waals surface area (Å²) in [5.74, 6) is 0.157. The van der Waals surface area contributed by atoms with Gasteiger partial charge in [0.2, 0.25) is 0 Å². The Balaban J connectivity index is 1.66. The molecule has 7 heteroatoms. The predicted molar refractivity (Wildman–Crippen MR) is 101 cm³/mol. The van der Waals surface area contributed by atoms with E-state index in [0.29, 0.717) is 22.0 Å². The molecular weight excluding hydrogens is 372 g/mol. The molecule has 3 aromatic rings. The Kier molecular flexibility index (Phi) is 4.44. The highest BCUT2D eigenvalue weighted by Gasteiger charge is 2.28. The molecule has 0 saturated carbocycles. The first-order valence-electron chi connectivity index (χ1n) is 7.86. The van der Waals surface area contributed by atoms with Crippen LogP contribution in [0.25, 0.3) is 11.3 Å². The van der Waals surface area contributed by atoms with Crippen molar-refractivity contribution in [2.75, 3.05) is 18.1 Å². The quantitative estimate of drug-likeness (QED) is 0.636. The average Bonchev–Trinajstić information content (AvgIpc) is 3.19. The van der Waals surface area contributed by atoms with E-state index in [2.05, 4.69) is 4.98 Å². The third-order valence-corrected chi connectivity index (χ3v) is 4.94. The molecule has 0 aliphatic carbocycles. The molecule has 2 aromatic carbocycles. The van der Waals surface area contributed by atoms with Gasteiger partial charge in [-0.1, -0.05) is 11.6 Å². The highest BCUT2D eigenvalue weighted by Crippen LogP contribution is 2.36. The summed E-state index contributed by atoms with van der Waals surface area (Å²) >= 11 is 7.36. The molecule has 0 spiro atoms. The summed E-state index contributed by atoms with van der Waals surface area (Å²) in [4.78, 5) is 30.7. The van der Waals surface area contributed by atoms with Crippen LogP contribution in [0.5, 0.6) is 5.75 Å². The summed E-state index contributed by atoms with van der Waals surface area (Å²) in [6, 6.07) is 12.1. The number of benzene rings is 2. The number of ketones is 1. The van der Waals surface area contributed by atoms with Crippen molar-refractivity contribution in [1.29, 1.82) is 0 Å². The molecule has 130 valence electrons. The topological polar surface area (TPSA) is 59.5 Å². The van der Waals surface area contributed by atoms with Gasteiger partial charge in [0.25, 0.3) is 5.91 Å². The highest BCUT2D eigenvalue weighted by molar-refractivity contribution is 7.07. The SMILES string of the molecule is O=C(CN1C(=O)COc2ccc(-c3cscn3)cc21)c1ccc(Cl)cc1. The number of aromatic nitrogens is 1. The van der Waals surface area contributed by atoms with Gasteiger partial charge in [-0.2, -0.15) is 0 Å². The molecule has 4 rings (SSSR count). The zero-order valence-corrected chi connectivity index (χ0v) is 15.1. The number of hydrogen-bond acceptors (Lipinski definition) is 5. The minimum absolute atomic E-state index is 0.0582. The molecule has 0 atom stereocenters. The van der Waals surface area contributed by atoms with E-state index in [4.69, 9.17) is 16.3 Å². The van der Waals surface area contributed by atoms with Gasteiger partial charge in [-0.05, 0) is 42.5 Å². The zero-order chi connectivity index (χ0) is 18.1. The number of amides is 1. The van der Waals surface area contributed by atoms with E-state index in [1.54, 1.807) is 35.8 Å². The van der Waals surface area contributed by atoms with Crippen LogP contribution >= 0.6 is 22.9 Å². The lowest BCUT2D eigenvalue weighted by molar-refractivity contribution is -0.121. The van der Waals surface area contributed by atoms with Crippen molar-refractivity contribution in [1.82, 2.24) is 4.98 Å². The molecule has 26 heavy (non-hydrogen) atoms. The van der Waals surface area contributed by atoms with Gasteiger partial charge in [0, 0.05) is 21.5 Å². The normalized spacial score (nSPS) is 13.3. The maximum absolute atomic E-state index is 12.6. The van der Waals surface area contributed by atoms with Gasteiger partial charge >= 0.3 is 0 Å². The lowest BCUT2D eigenvalue weighted by atomic mass is 10.1. The van der Waals surface area contributed by atoms with Gasteiger partial charge < -0.3 is 4.74 Å². The van der Waals surface area contributed by atoms with E-state index in [-0.39, 0.29) is 24.8 Å². The minimum atomic E-state index is -0.254. The van der Waals surface area contributed by atoms with Crippen molar-refractivity contribution in [2.45, 2.75) is 0 Å². The molecule has 0 bridgehead atoms. The molecule has 0 N–H and O–H groups in total. The van der Waals surface area contributed by atoms with Gasteiger partial charge in [0.05, 0.1) is 23.4 Å². The Bertz CT molecular complexity index is 971. The van der Waals surface area contributed by atoms with E-state index in [0.717, 1.165) is 11.3 Å². The molecule has 0 fully saturated rings. The monoisotopic (exact) mass is 384 g/mol. The summed E-state index contributed by atoms with van der Waals surface area (Å²) in [5, 5.41) is 2.48. The fraction of sp³-hybridized carbons (Fsp3) is 0.105. The number of Topliss-reactive ketones (excluding diaryl/α,β-unsaturated/α-hetero) is 1. The third-order valence-electron chi connectivity index (χ3n) is 4.10.